The minimum Gasteiger partial charge on any atom is -0.385 e. The smallest absolute Gasteiger partial charge is 0.0334 e. The van der Waals surface area contributed by atoms with E-state index in [1.807, 2.05) is 31.2 Å². The second-order valence-electron chi connectivity index (χ2n) is 3.91. The molecule has 1 nitrogen and oxygen atoms in total. The summed E-state index contributed by atoms with van der Waals surface area (Å²) in [5, 5.41) is 3.32. The summed E-state index contributed by atoms with van der Waals surface area (Å²) in [5.74, 6) is 0. The van der Waals surface area contributed by atoms with Crippen molar-refractivity contribution < 1.29 is 0 Å². The molecule has 0 rings (SSSR count). The van der Waals surface area contributed by atoms with Crippen molar-refractivity contribution >= 4 is 0 Å². The number of rotatable bonds is 7. The summed E-state index contributed by atoms with van der Waals surface area (Å²) >= 11 is 0. The van der Waals surface area contributed by atoms with Gasteiger partial charge in [-0.1, -0.05) is 42.5 Å². The van der Waals surface area contributed by atoms with Crippen LogP contribution in [0.4, 0.5) is 0 Å². The monoisotopic (exact) mass is 217 g/mol. The molecule has 0 aromatic heterocycles. The summed E-state index contributed by atoms with van der Waals surface area (Å²) in [6, 6.07) is 0. The molecule has 0 saturated heterocycles. The van der Waals surface area contributed by atoms with Crippen molar-refractivity contribution in [3.05, 3.63) is 60.4 Å². The molecule has 0 radical (unpaired) electrons. The molecule has 0 heterocycles. The van der Waals surface area contributed by atoms with Gasteiger partial charge in [-0.15, -0.1) is 0 Å². The van der Waals surface area contributed by atoms with Crippen LogP contribution in [0, 0.1) is 0 Å². The Kier molecular flexibility index (Phi) is 7.96. The Hall–Kier alpha value is -1.50. The lowest BCUT2D eigenvalue weighted by atomic mass is 10.2. The van der Waals surface area contributed by atoms with Gasteiger partial charge in [0.2, 0.25) is 0 Å². The number of allylic oxidation sites excluding steroid dienone is 6. The summed E-state index contributed by atoms with van der Waals surface area (Å²) < 4.78 is 0. The number of nitrogens with one attached hydrogen (secondary N) is 1. The van der Waals surface area contributed by atoms with Crippen LogP contribution in [0.1, 0.15) is 27.2 Å². The third-order valence-corrected chi connectivity index (χ3v) is 1.99. The van der Waals surface area contributed by atoms with Crippen LogP contribution in [0.5, 0.6) is 0 Å². The van der Waals surface area contributed by atoms with E-state index in [0.717, 1.165) is 24.2 Å². The molecule has 0 aromatic carbocycles. The summed E-state index contributed by atoms with van der Waals surface area (Å²) in [6.07, 6.45) is 10.9. The fourth-order valence-corrected chi connectivity index (χ4v) is 1.14. The zero-order valence-corrected chi connectivity index (χ0v) is 10.7. The summed E-state index contributed by atoms with van der Waals surface area (Å²) in [6.45, 7) is 14.8. The number of hydrogen-bond acceptors (Lipinski definition) is 1. The summed E-state index contributed by atoms with van der Waals surface area (Å²) in [7, 11) is 0. The Morgan fingerprint density at radius 2 is 1.94 bits per heavy atom. The lowest BCUT2D eigenvalue weighted by Gasteiger charge is -2.06. The van der Waals surface area contributed by atoms with Gasteiger partial charge in [-0.3, -0.25) is 0 Å². The van der Waals surface area contributed by atoms with Crippen molar-refractivity contribution in [2.75, 3.05) is 6.54 Å². The average molecular weight is 217 g/mol. The van der Waals surface area contributed by atoms with Crippen LogP contribution in [0.2, 0.25) is 0 Å². The maximum atomic E-state index is 3.96. The largest absolute Gasteiger partial charge is 0.385 e. The van der Waals surface area contributed by atoms with Crippen LogP contribution < -0.4 is 5.32 Å². The van der Waals surface area contributed by atoms with E-state index in [9.17, 15) is 0 Å². The molecule has 0 aliphatic carbocycles. The van der Waals surface area contributed by atoms with Gasteiger partial charge in [-0.2, -0.15) is 0 Å². The standard InChI is InChI=1S/C15H23N/c1-6-8-14(5)11-12-16-15(7-2)10-9-13(3)4/h6-10,16H,2,5,11-12H2,1,3-4H3/b8-6-,15-10+. The maximum absolute atomic E-state index is 3.96. The SMILES string of the molecule is C=C/C(=C\C=C(C)C)NCCC(=C)/C=C\C. The van der Waals surface area contributed by atoms with Gasteiger partial charge >= 0.3 is 0 Å². The third-order valence-electron chi connectivity index (χ3n) is 1.99. The van der Waals surface area contributed by atoms with Gasteiger partial charge in [-0.25, -0.2) is 0 Å². The zero-order chi connectivity index (χ0) is 12.4. The molecule has 0 aromatic rings. The Morgan fingerprint density at radius 3 is 2.44 bits per heavy atom. The fraction of sp³-hybridized carbons (Fsp3) is 0.333. The van der Waals surface area contributed by atoms with Crippen LogP contribution in [-0.2, 0) is 0 Å². The van der Waals surface area contributed by atoms with E-state index in [4.69, 9.17) is 0 Å². The first kappa shape index (κ1) is 14.5. The van der Waals surface area contributed by atoms with Gasteiger partial charge in [0.15, 0.2) is 0 Å². The predicted octanol–water partition coefficient (Wildman–Crippen LogP) is 4.13. The first-order chi connectivity index (χ1) is 7.60. The third kappa shape index (κ3) is 7.86. The van der Waals surface area contributed by atoms with Gasteiger partial charge < -0.3 is 5.32 Å². The van der Waals surface area contributed by atoms with E-state index in [1.165, 1.54) is 5.57 Å². The molecule has 0 aliphatic heterocycles. The highest BCUT2D eigenvalue weighted by molar-refractivity contribution is 5.22. The van der Waals surface area contributed by atoms with Crippen molar-refractivity contribution in [3.63, 3.8) is 0 Å². The first-order valence-corrected chi connectivity index (χ1v) is 5.62. The van der Waals surface area contributed by atoms with E-state index in [0.29, 0.717) is 0 Å². The minimum atomic E-state index is 0.887. The van der Waals surface area contributed by atoms with E-state index >= 15 is 0 Å². The van der Waals surface area contributed by atoms with Crippen molar-refractivity contribution in [2.45, 2.75) is 27.2 Å². The molecule has 1 heteroatoms. The molecule has 0 atom stereocenters. The lowest BCUT2D eigenvalue weighted by molar-refractivity contribution is 0.809. The molecule has 0 bridgehead atoms. The van der Waals surface area contributed by atoms with Crippen molar-refractivity contribution in [2.24, 2.45) is 0 Å². The molecular formula is C15H23N. The molecule has 0 aliphatic rings. The highest BCUT2D eigenvalue weighted by atomic mass is 14.9. The highest BCUT2D eigenvalue weighted by Crippen LogP contribution is 2.00. The van der Waals surface area contributed by atoms with Gasteiger partial charge in [0, 0.05) is 12.2 Å². The fourth-order valence-electron chi connectivity index (χ4n) is 1.14. The van der Waals surface area contributed by atoms with E-state index in [2.05, 4.69) is 38.4 Å². The Labute approximate surface area is 100.0 Å². The van der Waals surface area contributed by atoms with Gasteiger partial charge in [-0.05, 0) is 39.3 Å². The predicted molar refractivity (Wildman–Crippen MR) is 74.3 cm³/mol. The van der Waals surface area contributed by atoms with E-state index < -0.39 is 0 Å². The van der Waals surface area contributed by atoms with Crippen molar-refractivity contribution in [1.82, 2.24) is 5.32 Å². The average Bonchev–Trinajstić information content (AvgIpc) is 2.23. The van der Waals surface area contributed by atoms with Crippen molar-refractivity contribution in [3.8, 4) is 0 Å². The first-order valence-electron chi connectivity index (χ1n) is 5.62. The topological polar surface area (TPSA) is 12.0 Å². The quantitative estimate of drug-likeness (QED) is 0.632. The molecule has 88 valence electrons. The Balaban J connectivity index is 4.07. The summed E-state index contributed by atoms with van der Waals surface area (Å²) in [5.41, 5.74) is 3.47. The second-order valence-corrected chi connectivity index (χ2v) is 3.91. The number of hydrogen-bond donors (Lipinski definition) is 1. The molecular weight excluding hydrogens is 194 g/mol. The molecule has 0 saturated carbocycles. The lowest BCUT2D eigenvalue weighted by Crippen LogP contribution is -2.13. The van der Waals surface area contributed by atoms with Gasteiger partial charge in [0.05, 0.1) is 0 Å². The normalized spacial score (nSPS) is 11.3. The Morgan fingerprint density at radius 1 is 1.25 bits per heavy atom. The van der Waals surface area contributed by atoms with Crippen molar-refractivity contribution in [1.29, 1.82) is 0 Å². The highest BCUT2D eigenvalue weighted by Gasteiger charge is 1.91. The van der Waals surface area contributed by atoms with Gasteiger partial charge in [0.1, 0.15) is 0 Å². The molecule has 0 unspecified atom stereocenters. The summed E-state index contributed by atoms with van der Waals surface area (Å²) in [4.78, 5) is 0. The van der Waals surface area contributed by atoms with Gasteiger partial charge in [0.25, 0.3) is 0 Å². The van der Waals surface area contributed by atoms with Crippen LogP contribution in [0.3, 0.4) is 0 Å². The zero-order valence-electron chi connectivity index (χ0n) is 10.7. The van der Waals surface area contributed by atoms with Crippen LogP contribution in [-0.4, -0.2) is 6.54 Å². The molecule has 0 amide bonds. The Bertz CT molecular complexity index is 312. The molecule has 0 fully saturated rings. The van der Waals surface area contributed by atoms with E-state index in [-0.39, 0.29) is 0 Å². The molecule has 0 spiro atoms. The van der Waals surface area contributed by atoms with Crippen LogP contribution >= 0.6 is 0 Å². The van der Waals surface area contributed by atoms with Crippen LogP contribution in [0.15, 0.2) is 60.4 Å². The van der Waals surface area contributed by atoms with E-state index in [1.54, 1.807) is 0 Å². The molecule has 16 heavy (non-hydrogen) atoms. The maximum Gasteiger partial charge on any atom is 0.0334 e. The molecule has 1 N–H and O–H groups in total. The van der Waals surface area contributed by atoms with Crippen LogP contribution in [0.25, 0.3) is 0 Å². The minimum absolute atomic E-state index is 0.887. The second kappa shape index (κ2) is 8.78.